The number of piperidine rings is 1. The lowest BCUT2D eigenvalue weighted by Crippen LogP contribution is -2.33. The van der Waals surface area contributed by atoms with Crippen molar-refractivity contribution in [2.75, 3.05) is 26.2 Å². The maximum Gasteiger partial charge on any atom is 0.122 e. The average Bonchev–Trinajstić information content (AvgIpc) is 2.83. The highest BCUT2D eigenvalue weighted by Crippen LogP contribution is 2.35. The molecule has 19 heavy (non-hydrogen) atoms. The summed E-state index contributed by atoms with van der Waals surface area (Å²) in [6, 6.07) is 6.51. The summed E-state index contributed by atoms with van der Waals surface area (Å²) in [6.45, 7) is 4.32. The molecule has 1 unspecified atom stereocenters. The summed E-state index contributed by atoms with van der Waals surface area (Å²) in [7, 11) is 0. The van der Waals surface area contributed by atoms with Gasteiger partial charge in [-0.1, -0.05) is 18.6 Å². The van der Waals surface area contributed by atoms with Crippen LogP contribution in [-0.2, 0) is 6.42 Å². The molecule has 104 valence electrons. The van der Waals surface area contributed by atoms with Crippen LogP contribution in [0.3, 0.4) is 0 Å². The van der Waals surface area contributed by atoms with Crippen molar-refractivity contribution in [3.8, 4) is 5.75 Å². The van der Waals surface area contributed by atoms with E-state index in [4.69, 9.17) is 10.5 Å². The minimum atomic E-state index is 0.209. The molecule has 1 aromatic rings. The van der Waals surface area contributed by atoms with Gasteiger partial charge in [0.25, 0.3) is 0 Å². The summed E-state index contributed by atoms with van der Waals surface area (Å²) in [5.74, 6) is 1.06. The summed E-state index contributed by atoms with van der Waals surface area (Å²) >= 11 is 0. The fourth-order valence-electron chi connectivity index (χ4n) is 3.26. The molecule has 0 aromatic heterocycles. The predicted molar refractivity (Wildman–Crippen MR) is 77.5 cm³/mol. The van der Waals surface area contributed by atoms with E-state index < -0.39 is 0 Å². The second kappa shape index (κ2) is 5.93. The smallest absolute Gasteiger partial charge is 0.122 e. The number of nitrogens with zero attached hydrogens (tertiary/aromatic N) is 1. The Labute approximate surface area is 115 Å². The summed E-state index contributed by atoms with van der Waals surface area (Å²) < 4.78 is 6.00. The molecule has 3 nitrogen and oxygen atoms in total. The molecular formula is C16H24N2O. The lowest BCUT2D eigenvalue weighted by Gasteiger charge is -2.26. The summed E-state index contributed by atoms with van der Waals surface area (Å²) in [6.07, 6.45) is 6.20. The molecule has 0 saturated carbocycles. The average molecular weight is 260 g/mol. The summed E-state index contributed by atoms with van der Waals surface area (Å²) in [5, 5.41) is 0. The van der Waals surface area contributed by atoms with Crippen LogP contribution in [0.5, 0.6) is 5.75 Å². The highest BCUT2D eigenvalue weighted by atomic mass is 16.5. The molecule has 1 fully saturated rings. The first-order valence-corrected chi connectivity index (χ1v) is 7.57. The molecule has 1 aliphatic heterocycles. The molecule has 1 aromatic carbocycles. The molecule has 0 spiro atoms. The van der Waals surface area contributed by atoms with Gasteiger partial charge in [0.05, 0.1) is 0 Å². The Balaban J connectivity index is 1.55. The number of nitrogens with two attached hydrogens (primary N) is 1. The Morgan fingerprint density at radius 3 is 2.89 bits per heavy atom. The van der Waals surface area contributed by atoms with Gasteiger partial charge in [-0.15, -0.1) is 0 Å². The van der Waals surface area contributed by atoms with E-state index in [1.54, 1.807) is 0 Å². The van der Waals surface area contributed by atoms with E-state index in [1.165, 1.54) is 43.5 Å². The van der Waals surface area contributed by atoms with Gasteiger partial charge in [0.1, 0.15) is 12.4 Å². The van der Waals surface area contributed by atoms with Gasteiger partial charge in [0, 0.05) is 12.6 Å². The molecule has 2 N–H and O–H groups in total. The Kier molecular flexibility index (Phi) is 4.04. The molecule has 1 saturated heterocycles. The Morgan fingerprint density at radius 1 is 1.21 bits per heavy atom. The zero-order valence-electron chi connectivity index (χ0n) is 11.6. The number of likely N-dealkylation sites (tertiary alicyclic amines) is 1. The van der Waals surface area contributed by atoms with Crippen molar-refractivity contribution in [1.29, 1.82) is 0 Å². The van der Waals surface area contributed by atoms with Crippen LogP contribution in [0, 0.1) is 0 Å². The molecule has 3 rings (SSSR count). The van der Waals surface area contributed by atoms with Gasteiger partial charge in [0.2, 0.25) is 0 Å². The van der Waals surface area contributed by atoms with Crippen LogP contribution in [0.1, 0.15) is 42.9 Å². The van der Waals surface area contributed by atoms with Crippen LogP contribution < -0.4 is 10.5 Å². The molecule has 1 aliphatic carbocycles. The second-order valence-electron chi connectivity index (χ2n) is 5.72. The summed E-state index contributed by atoms with van der Waals surface area (Å²) in [4.78, 5) is 2.51. The van der Waals surface area contributed by atoms with Crippen LogP contribution in [0.4, 0.5) is 0 Å². The molecule has 0 amide bonds. The first-order chi connectivity index (χ1) is 9.34. The lowest BCUT2D eigenvalue weighted by molar-refractivity contribution is 0.183. The largest absolute Gasteiger partial charge is 0.492 e. The van der Waals surface area contributed by atoms with Crippen LogP contribution in [-0.4, -0.2) is 31.1 Å². The minimum Gasteiger partial charge on any atom is -0.492 e. The first-order valence-electron chi connectivity index (χ1n) is 7.57. The molecule has 0 radical (unpaired) electrons. The van der Waals surface area contributed by atoms with E-state index in [-0.39, 0.29) is 6.04 Å². The van der Waals surface area contributed by atoms with Crippen molar-refractivity contribution in [2.24, 2.45) is 5.73 Å². The van der Waals surface area contributed by atoms with E-state index >= 15 is 0 Å². The third-order valence-corrected chi connectivity index (χ3v) is 4.39. The number of rotatable bonds is 4. The third-order valence-electron chi connectivity index (χ3n) is 4.39. The molecule has 1 heterocycles. The fraction of sp³-hybridized carbons (Fsp3) is 0.625. The minimum absolute atomic E-state index is 0.209. The van der Waals surface area contributed by atoms with E-state index in [1.807, 2.05) is 0 Å². The molecule has 2 aliphatic rings. The number of benzene rings is 1. The van der Waals surface area contributed by atoms with Crippen molar-refractivity contribution < 1.29 is 4.74 Å². The predicted octanol–water partition coefficient (Wildman–Crippen LogP) is 2.50. The molecule has 0 bridgehead atoms. The summed E-state index contributed by atoms with van der Waals surface area (Å²) in [5.41, 5.74) is 8.73. The Morgan fingerprint density at radius 2 is 2.05 bits per heavy atom. The van der Waals surface area contributed by atoms with Gasteiger partial charge >= 0.3 is 0 Å². The number of ether oxygens (including phenoxy) is 1. The number of hydrogen-bond acceptors (Lipinski definition) is 3. The monoisotopic (exact) mass is 260 g/mol. The highest BCUT2D eigenvalue weighted by Gasteiger charge is 2.22. The molecular weight excluding hydrogens is 236 g/mol. The van der Waals surface area contributed by atoms with Gasteiger partial charge in [-0.2, -0.15) is 0 Å². The van der Waals surface area contributed by atoms with Gasteiger partial charge in [-0.3, -0.25) is 4.90 Å². The van der Waals surface area contributed by atoms with E-state index in [0.29, 0.717) is 0 Å². The van der Waals surface area contributed by atoms with Crippen LogP contribution in [0.15, 0.2) is 18.2 Å². The molecule has 1 atom stereocenters. The maximum atomic E-state index is 6.10. The second-order valence-corrected chi connectivity index (χ2v) is 5.72. The zero-order chi connectivity index (χ0) is 13.1. The van der Waals surface area contributed by atoms with Gasteiger partial charge in [-0.25, -0.2) is 0 Å². The maximum absolute atomic E-state index is 6.10. The Bertz CT molecular complexity index is 427. The van der Waals surface area contributed by atoms with Crippen LogP contribution in [0.25, 0.3) is 0 Å². The third kappa shape index (κ3) is 2.93. The van der Waals surface area contributed by atoms with Gasteiger partial charge in [0.15, 0.2) is 0 Å². The van der Waals surface area contributed by atoms with E-state index in [9.17, 15) is 0 Å². The van der Waals surface area contributed by atoms with Crippen molar-refractivity contribution in [2.45, 2.75) is 38.1 Å². The molecule has 3 heteroatoms. The zero-order valence-corrected chi connectivity index (χ0v) is 11.6. The standard InChI is InChI=1S/C16H24N2O/c17-15-8-7-14-13(15)5-4-6-16(14)19-12-11-18-9-2-1-3-10-18/h4-6,15H,1-3,7-12,17H2. The van der Waals surface area contributed by atoms with Crippen molar-refractivity contribution in [3.05, 3.63) is 29.3 Å². The lowest BCUT2D eigenvalue weighted by atomic mass is 10.1. The number of hydrogen-bond donors (Lipinski definition) is 1. The topological polar surface area (TPSA) is 38.5 Å². The van der Waals surface area contributed by atoms with Gasteiger partial charge < -0.3 is 10.5 Å². The highest BCUT2D eigenvalue weighted by molar-refractivity contribution is 5.44. The number of fused-ring (bicyclic) bond motifs is 1. The quantitative estimate of drug-likeness (QED) is 0.904. The van der Waals surface area contributed by atoms with Crippen LogP contribution in [0.2, 0.25) is 0 Å². The first kappa shape index (κ1) is 12.9. The van der Waals surface area contributed by atoms with E-state index in [0.717, 1.165) is 31.7 Å². The van der Waals surface area contributed by atoms with E-state index in [2.05, 4.69) is 23.1 Å². The van der Waals surface area contributed by atoms with Gasteiger partial charge in [-0.05, 0) is 56.0 Å². The normalized spacial score (nSPS) is 23.3. The Hall–Kier alpha value is -1.06. The van der Waals surface area contributed by atoms with Crippen LogP contribution >= 0.6 is 0 Å². The van der Waals surface area contributed by atoms with Crippen molar-refractivity contribution in [1.82, 2.24) is 4.90 Å². The SMILES string of the molecule is NC1CCc2c(OCCN3CCCCC3)cccc21. The van der Waals surface area contributed by atoms with Crippen molar-refractivity contribution in [3.63, 3.8) is 0 Å². The van der Waals surface area contributed by atoms with Crippen molar-refractivity contribution >= 4 is 0 Å². The fourth-order valence-corrected chi connectivity index (χ4v) is 3.26.